The van der Waals surface area contributed by atoms with Gasteiger partial charge >= 0.3 is 10.4 Å². The van der Waals surface area contributed by atoms with Gasteiger partial charge in [-0.15, -0.1) is 0 Å². The van der Waals surface area contributed by atoms with Crippen LogP contribution in [0.2, 0.25) is 0 Å². The first-order valence-corrected chi connectivity index (χ1v) is 13.9. The van der Waals surface area contributed by atoms with Crippen LogP contribution in [0, 0.1) is 11.8 Å². The molecule has 0 aromatic heterocycles. The van der Waals surface area contributed by atoms with E-state index in [0.717, 1.165) is 51.4 Å². The molecule has 0 N–H and O–H groups in total. The van der Waals surface area contributed by atoms with Gasteiger partial charge in [-0.2, -0.15) is 8.42 Å². The van der Waals surface area contributed by atoms with E-state index >= 15 is 0 Å². The van der Waals surface area contributed by atoms with Crippen molar-refractivity contribution in [3.8, 4) is 0 Å². The molecule has 0 bridgehead atoms. The normalized spacial score (nSPS) is 12.3. The minimum Gasteiger partial charge on any atom is -0.248 e. The van der Waals surface area contributed by atoms with Crippen LogP contribution < -0.4 is 0 Å². The second-order valence-corrected chi connectivity index (χ2v) is 9.98. The third-order valence-corrected chi connectivity index (χ3v) is 6.61. The fourth-order valence-electron chi connectivity index (χ4n) is 3.75. The molecule has 0 rings (SSSR count). The topological polar surface area (TPSA) is 52.6 Å². The van der Waals surface area contributed by atoms with E-state index in [0.29, 0.717) is 11.8 Å². The van der Waals surface area contributed by atoms with Gasteiger partial charge in [0.1, 0.15) is 0 Å². The molecule has 176 valence electrons. The second kappa shape index (κ2) is 19.8. The summed E-state index contributed by atoms with van der Waals surface area (Å²) in [4.78, 5) is 0. The SMILES string of the molecule is CCCCCC(CCCCC)COS(=O)(=O)OCC(CCCCC)CCCCC. The Morgan fingerprint density at radius 3 is 1.03 bits per heavy atom. The van der Waals surface area contributed by atoms with Gasteiger partial charge in [-0.1, -0.05) is 105 Å². The lowest BCUT2D eigenvalue weighted by atomic mass is 9.96. The van der Waals surface area contributed by atoms with Crippen molar-refractivity contribution < 1.29 is 16.8 Å². The van der Waals surface area contributed by atoms with Crippen LogP contribution >= 0.6 is 0 Å². The van der Waals surface area contributed by atoms with Crippen LogP contribution in [0.15, 0.2) is 0 Å². The van der Waals surface area contributed by atoms with Crippen LogP contribution in [0.3, 0.4) is 0 Å². The van der Waals surface area contributed by atoms with Gasteiger partial charge in [0.2, 0.25) is 0 Å². The average molecular weight is 435 g/mol. The standard InChI is InChI=1S/C24H50O4S/c1-5-9-13-17-23(18-14-10-6-2)21-27-29(25,26)28-22-24(19-15-11-7-3)20-16-12-8-4/h23-24H,5-22H2,1-4H3. The lowest BCUT2D eigenvalue weighted by Crippen LogP contribution is -2.20. The summed E-state index contributed by atoms with van der Waals surface area (Å²) in [6.45, 7) is 9.31. The first-order chi connectivity index (χ1) is 14.0. The maximum Gasteiger partial charge on any atom is 0.399 e. The zero-order valence-corrected chi connectivity index (χ0v) is 20.7. The maximum atomic E-state index is 12.3. The molecule has 0 unspecified atom stereocenters. The molecule has 0 saturated carbocycles. The molecule has 0 radical (unpaired) electrons. The van der Waals surface area contributed by atoms with Crippen molar-refractivity contribution in [1.82, 2.24) is 0 Å². The first-order valence-electron chi connectivity index (χ1n) is 12.5. The highest BCUT2D eigenvalue weighted by Gasteiger charge is 2.19. The average Bonchev–Trinajstić information content (AvgIpc) is 2.70. The van der Waals surface area contributed by atoms with E-state index < -0.39 is 10.4 Å². The predicted molar refractivity (Wildman–Crippen MR) is 124 cm³/mol. The lowest BCUT2D eigenvalue weighted by Gasteiger charge is -2.19. The molecule has 0 aliphatic carbocycles. The minimum absolute atomic E-state index is 0.270. The van der Waals surface area contributed by atoms with Crippen molar-refractivity contribution >= 4 is 10.4 Å². The van der Waals surface area contributed by atoms with E-state index in [4.69, 9.17) is 8.37 Å². The summed E-state index contributed by atoms with van der Waals surface area (Å²) in [5, 5.41) is 0. The molecule has 0 spiro atoms. The fourth-order valence-corrected chi connectivity index (χ4v) is 4.53. The van der Waals surface area contributed by atoms with Crippen molar-refractivity contribution in [3.05, 3.63) is 0 Å². The zero-order valence-electron chi connectivity index (χ0n) is 19.9. The summed E-state index contributed by atoms with van der Waals surface area (Å²) in [5.41, 5.74) is 0. The lowest BCUT2D eigenvalue weighted by molar-refractivity contribution is 0.155. The largest absolute Gasteiger partial charge is 0.399 e. The van der Waals surface area contributed by atoms with Crippen LogP contribution in [0.5, 0.6) is 0 Å². The summed E-state index contributed by atoms with van der Waals surface area (Å²) >= 11 is 0. The quantitative estimate of drug-likeness (QED) is 0.163. The van der Waals surface area contributed by atoms with Crippen molar-refractivity contribution in [3.63, 3.8) is 0 Å². The highest BCUT2D eigenvalue weighted by atomic mass is 32.3. The Morgan fingerprint density at radius 1 is 0.517 bits per heavy atom. The Morgan fingerprint density at radius 2 is 0.793 bits per heavy atom. The van der Waals surface area contributed by atoms with Gasteiger partial charge in [0.25, 0.3) is 0 Å². The summed E-state index contributed by atoms with van der Waals surface area (Å²) in [6.07, 6.45) is 18.3. The van der Waals surface area contributed by atoms with E-state index in [1.54, 1.807) is 0 Å². The molecule has 0 atom stereocenters. The van der Waals surface area contributed by atoms with Crippen molar-refractivity contribution in [2.24, 2.45) is 11.8 Å². The Kier molecular flexibility index (Phi) is 19.7. The molecule has 0 aromatic rings. The molecule has 0 fully saturated rings. The molecule has 0 heterocycles. The molecule has 0 aliphatic rings. The second-order valence-electron chi connectivity index (χ2n) is 8.69. The van der Waals surface area contributed by atoms with Gasteiger partial charge in [0.05, 0.1) is 13.2 Å². The fraction of sp³-hybridized carbons (Fsp3) is 1.00. The van der Waals surface area contributed by atoms with Crippen LogP contribution in [0.4, 0.5) is 0 Å². The van der Waals surface area contributed by atoms with Crippen molar-refractivity contribution in [2.75, 3.05) is 13.2 Å². The molecule has 29 heavy (non-hydrogen) atoms. The minimum atomic E-state index is -3.89. The summed E-state index contributed by atoms with van der Waals surface area (Å²) in [7, 11) is -3.89. The molecule has 0 saturated heterocycles. The monoisotopic (exact) mass is 434 g/mol. The van der Waals surface area contributed by atoms with E-state index in [1.165, 1.54) is 51.4 Å². The van der Waals surface area contributed by atoms with Gasteiger partial charge in [-0.25, -0.2) is 8.37 Å². The first kappa shape index (κ1) is 28.9. The smallest absolute Gasteiger partial charge is 0.248 e. The highest BCUT2D eigenvalue weighted by Crippen LogP contribution is 2.21. The number of rotatable bonds is 22. The molecule has 0 aromatic carbocycles. The van der Waals surface area contributed by atoms with Crippen LogP contribution in [-0.2, 0) is 18.8 Å². The molecule has 4 nitrogen and oxygen atoms in total. The summed E-state index contributed by atoms with van der Waals surface area (Å²) in [6, 6.07) is 0. The Labute approximate surface area is 182 Å². The van der Waals surface area contributed by atoms with Gasteiger partial charge in [-0.3, -0.25) is 0 Å². The van der Waals surface area contributed by atoms with E-state index in [-0.39, 0.29) is 13.2 Å². The molecular weight excluding hydrogens is 384 g/mol. The van der Waals surface area contributed by atoms with E-state index in [9.17, 15) is 8.42 Å². The van der Waals surface area contributed by atoms with Gasteiger partial charge in [0.15, 0.2) is 0 Å². The van der Waals surface area contributed by atoms with Crippen LogP contribution in [0.25, 0.3) is 0 Å². The Bertz CT molecular complexity index is 382. The molecule has 5 heteroatoms. The van der Waals surface area contributed by atoms with E-state index in [2.05, 4.69) is 27.7 Å². The van der Waals surface area contributed by atoms with Gasteiger partial charge in [-0.05, 0) is 37.5 Å². The number of hydrogen-bond acceptors (Lipinski definition) is 4. The van der Waals surface area contributed by atoms with Gasteiger partial charge in [0, 0.05) is 0 Å². The third-order valence-electron chi connectivity index (χ3n) is 5.76. The number of unbranched alkanes of at least 4 members (excludes halogenated alkanes) is 8. The third kappa shape index (κ3) is 18.4. The maximum absolute atomic E-state index is 12.3. The van der Waals surface area contributed by atoms with Crippen LogP contribution in [-0.4, -0.2) is 21.6 Å². The zero-order chi connectivity index (χ0) is 21.8. The highest BCUT2D eigenvalue weighted by molar-refractivity contribution is 7.81. The van der Waals surface area contributed by atoms with Crippen LogP contribution in [0.1, 0.15) is 130 Å². The summed E-state index contributed by atoms with van der Waals surface area (Å²) < 4.78 is 35.2. The molecule has 0 amide bonds. The Hall–Kier alpha value is -0.130. The molecule has 0 aliphatic heterocycles. The Balaban J connectivity index is 4.47. The van der Waals surface area contributed by atoms with Crippen molar-refractivity contribution in [2.45, 2.75) is 130 Å². The summed E-state index contributed by atoms with van der Waals surface area (Å²) in [5.74, 6) is 0.632. The number of hydrogen-bond donors (Lipinski definition) is 0. The van der Waals surface area contributed by atoms with E-state index in [1.807, 2.05) is 0 Å². The predicted octanol–water partition coefficient (Wildman–Crippen LogP) is 7.82. The molecular formula is C24H50O4S. The van der Waals surface area contributed by atoms with Gasteiger partial charge < -0.3 is 0 Å². The van der Waals surface area contributed by atoms with Crippen molar-refractivity contribution in [1.29, 1.82) is 0 Å².